The van der Waals surface area contributed by atoms with Crippen molar-refractivity contribution in [2.75, 3.05) is 6.54 Å². The second-order valence-electron chi connectivity index (χ2n) is 12.7. The summed E-state index contributed by atoms with van der Waals surface area (Å²) in [6.07, 6.45) is 15.2. The highest BCUT2D eigenvalue weighted by Crippen LogP contribution is 2.54. The van der Waals surface area contributed by atoms with Crippen molar-refractivity contribution in [3.8, 4) is 0 Å². The molecule has 0 radical (unpaired) electrons. The Bertz CT molecular complexity index is 972. The van der Waals surface area contributed by atoms with Crippen LogP contribution in [0, 0.1) is 47.3 Å². The van der Waals surface area contributed by atoms with Crippen LogP contribution < -0.4 is 15.4 Å². The van der Waals surface area contributed by atoms with Crippen LogP contribution in [0.25, 0.3) is 0 Å². The van der Waals surface area contributed by atoms with Crippen LogP contribution in [-0.2, 0) is 16.1 Å². The lowest BCUT2D eigenvalue weighted by Gasteiger charge is -2.54. The minimum absolute atomic E-state index is 0.0375. The lowest BCUT2D eigenvalue weighted by atomic mass is 9.54. The first-order valence-electron chi connectivity index (χ1n) is 13.8. The fourth-order valence-electron chi connectivity index (χ4n) is 9.62. The van der Waals surface area contributed by atoms with Crippen LogP contribution >= 0.6 is 11.3 Å². The van der Waals surface area contributed by atoms with Gasteiger partial charge in [0.05, 0.1) is 0 Å². The molecule has 0 atom stereocenters. The quantitative estimate of drug-likeness (QED) is 0.653. The van der Waals surface area contributed by atoms with Gasteiger partial charge in [0.2, 0.25) is 11.8 Å². The van der Waals surface area contributed by atoms with Crippen LogP contribution in [0.1, 0.15) is 64.2 Å². The number of nitrogens with one attached hydrogen (secondary N) is 2. The Morgan fingerprint density at radius 1 is 0.765 bits per heavy atom. The minimum atomic E-state index is 0.0375. The monoisotopic (exact) mass is 482 g/mol. The molecule has 0 spiro atoms. The summed E-state index contributed by atoms with van der Waals surface area (Å²) in [6.45, 7) is 0.447. The van der Waals surface area contributed by atoms with Gasteiger partial charge in [-0.15, -0.1) is 11.3 Å². The highest BCUT2D eigenvalue weighted by Gasteiger charge is 2.49. The molecule has 0 aromatic carbocycles. The van der Waals surface area contributed by atoms with E-state index in [1.807, 2.05) is 16.1 Å². The molecule has 184 valence electrons. The van der Waals surface area contributed by atoms with Crippen molar-refractivity contribution in [1.29, 1.82) is 0 Å². The summed E-state index contributed by atoms with van der Waals surface area (Å²) < 4.78 is 1.91. The Hall–Kier alpha value is -1.63. The highest BCUT2D eigenvalue weighted by atomic mass is 32.1. The molecule has 8 saturated carbocycles. The van der Waals surface area contributed by atoms with E-state index < -0.39 is 0 Å². The molecule has 0 unspecified atom stereocenters. The molecule has 9 rings (SSSR count). The predicted molar refractivity (Wildman–Crippen MR) is 131 cm³/mol. The van der Waals surface area contributed by atoms with E-state index in [9.17, 15) is 9.59 Å². The maximum Gasteiger partial charge on any atom is 0.242 e. The molecule has 2 N–H and O–H groups in total. The van der Waals surface area contributed by atoms with Crippen LogP contribution in [0.2, 0.25) is 0 Å². The lowest BCUT2D eigenvalue weighted by Crippen LogP contribution is -2.56. The fraction of sp³-hybridized carbons (Fsp3) is 0.815. The zero-order chi connectivity index (χ0) is 22.8. The van der Waals surface area contributed by atoms with Gasteiger partial charge in [-0.1, -0.05) is 0 Å². The summed E-state index contributed by atoms with van der Waals surface area (Å²) in [5.74, 6) is 6.52. The van der Waals surface area contributed by atoms with Gasteiger partial charge < -0.3 is 15.2 Å². The lowest BCUT2D eigenvalue weighted by molar-refractivity contribution is -0.125. The van der Waals surface area contributed by atoms with Crippen molar-refractivity contribution in [2.24, 2.45) is 52.3 Å². The van der Waals surface area contributed by atoms with Crippen LogP contribution in [-0.4, -0.2) is 35.0 Å². The normalized spacial score (nSPS) is 43.9. The zero-order valence-electron chi connectivity index (χ0n) is 20.0. The molecule has 8 aliphatic carbocycles. The van der Waals surface area contributed by atoms with Gasteiger partial charge in [0, 0.05) is 23.7 Å². The van der Waals surface area contributed by atoms with Gasteiger partial charge >= 0.3 is 0 Å². The maximum atomic E-state index is 12.9. The van der Waals surface area contributed by atoms with Crippen molar-refractivity contribution < 1.29 is 9.59 Å². The van der Waals surface area contributed by atoms with Gasteiger partial charge in [0.1, 0.15) is 13.1 Å². The molecule has 8 bridgehead atoms. The summed E-state index contributed by atoms with van der Waals surface area (Å²) in [7, 11) is 0. The molecule has 8 fully saturated rings. The molecule has 0 saturated heterocycles. The second kappa shape index (κ2) is 8.49. The molecule has 1 heterocycles. The largest absolute Gasteiger partial charge is 0.351 e. The first-order chi connectivity index (χ1) is 16.6. The summed E-state index contributed by atoms with van der Waals surface area (Å²) in [5, 5.41) is 8.71. The van der Waals surface area contributed by atoms with E-state index in [0.717, 1.165) is 28.5 Å². The number of rotatable bonds is 6. The van der Waals surface area contributed by atoms with Crippen LogP contribution in [0.15, 0.2) is 16.6 Å². The number of nitrogens with zero attached hydrogens (tertiary/aromatic N) is 2. The van der Waals surface area contributed by atoms with Crippen molar-refractivity contribution in [1.82, 2.24) is 15.2 Å². The SMILES string of the molecule is O=C(CN=c1sccn1CC(=O)NC1C2CC3CC(C2)CC1C3)NC1C2CC3CC(C2)CC1C3. The summed E-state index contributed by atoms with van der Waals surface area (Å²) >= 11 is 1.51. The van der Waals surface area contributed by atoms with Crippen molar-refractivity contribution in [2.45, 2.75) is 82.8 Å². The maximum absolute atomic E-state index is 12.9. The topological polar surface area (TPSA) is 75.5 Å². The Morgan fingerprint density at radius 2 is 1.24 bits per heavy atom. The van der Waals surface area contributed by atoms with Crippen molar-refractivity contribution in [3.63, 3.8) is 0 Å². The molecule has 0 aliphatic heterocycles. The molecule has 6 nitrogen and oxygen atoms in total. The Kier molecular flexibility index (Phi) is 5.40. The molecular formula is C27H38N4O2S. The molecule has 2 amide bonds. The number of hydrogen-bond acceptors (Lipinski definition) is 4. The number of thiazole rings is 1. The molecular weight excluding hydrogens is 444 g/mol. The number of aromatic nitrogens is 1. The number of carbonyl (C=O) groups is 2. The molecule has 7 heteroatoms. The first-order valence-corrected chi connectivity index (χ1v) is 14.7. The van der Waals surface area contributed by atoms with E-state index in [1.165, 1.54) is 75.5 Å². The van der Waals surface area contributed by atoms with Gasteiger partial charge in [-0.2, -0.15) is 0 Å². The standard InChI is InChI=1S/C27H38N4O2S/c32-23(29-25-19-5-15-3-16(7-19)8-20(25)6-15)13-28-27-31(1-2-34-27)14-24(33)30-26-21-9-17-4-18(11-21)12-22(26)10-17/h1-2,15-22,25-26H,3-14H2,(H,29,32)(H,30,33). The Labute approximate surface area is 206 Å². The van der Waals surface area contributed by atoms with Gasteiger partial charge in [0.15, 0.2) is 4.80 Å². The average Bonchev–Trinajstić information content (AvgIpc) is 3.23. The first kappa shape index (κ1) is 21.6. The minimum Gasteiger partial charge on any atom is -0.351 e. The van der Waals surface area contributed by atoms with Crippen LogP contribution in [0.3, 0.4) is 0 Å². The van der Waals surface area contributed by atoms with E-state index >= 15 is 0 Å². The highest BCUT2D eigenvalue weighted by molar-refractivity contribution is 7.07. The number of hydrogen-bond donors (Lipinski definition) is 2. The Morgan fingerprint density at radius 3 is 1.74 bits per heavy atom. The van der Waals surface area contributed by atoms with Gasteiger partial charge in [-0.3, -0.25) is 9.59 Å². The third-order valence-corrected chi connectivity index (χ3v) is 11.3. The smallest absolute Gasteiger partial charge is 0.242 e. The summed E-state index contributed by atoms with van der Waals surface area (Å²) in [4.78, 5) is 31.1. The van der Waals surface area contributed by atoms with E-state index in [0.29, 0.717) is 42.3 Å². The summed E-state index contributed by atoms with van der Waals surface area (Å²) in [6, 6.07) is 0.726. The van der Waals surface area contributed by atoms with E-state index in [2.05, 4.69) is 15.6 Å². The molecule has 34 heavy (non-hydrogen) atoms. The third-order valence-electron chi connectivity index (χ3n) is 10.4. The number of carbonyl (C=O) groups excluding carboxylic acids is 2. The number of amides is 2. The molecule has 8 aliphatic rings. The summed E-state index contributed by atoms with van der Waals surface area (Å²) in [5.41, 5.74) is 0. The third kappa shape index (κ3) is 3.96. The average molecular weight is 483 g/mol. The Balaban J connectivity index is 0.954. The van der Waals surface area contributed by atoms with Gasteiger partial charge in [-0.05, 0) is 112 Å². The van der Waals surface area contributed by atoms with Crippen molar-refractivity contribution >= 4 is 23.2 Å². The van der Waals surface area contributed by atoms with E-state index in [-0.39, 0.29) is 18.4 Å². The fourth-order valence-corrected chi connectivity index (χ4v) is 10.4. The van der Waals surface area contributed by atoms with E-state index in [1.54, 1.807) is 0 Å². The second-order valence-corrected chi connectivity index (χ2v) is 13.6. The molecule has 1 aromatic heterocycles. The van der Waals surface area contributed by atoms with Crippen molar-refractivity contribution in [3.05, 3.63) is 16.4 Å². The molecule has 1 aromatic rings. The van der Waals surface area contributed by atoms with Gasteiger partial charge in [0.25, 0.3) is 0 Å². The zero-order valence-corrected chi connectivity index (χ0v) is 20.8. The van der Waals surface area contributed by atoms with Crippen LogP contribution in [0.5, 0.6) is 0 Å². The van der Waals surface area contributed by atoms with E-state index in [4.69, 9.17) is 0 Å². The van der Waals surface area contributed by atoms with Crippen LogP contribution in [0.4, 0.5) is 0 Å². The van der Waals surface area contributed by atoms with Gasteiger partial charge in [-0.25, -0.2) is 4.99 Å². The predicted octanol–water partition coefficient (Wildman–Crippen LogP) is 3.33.